The zero-order chi connectivity index (χ0) is 14.4. The lowest BCUT2D eigenvalue weighted by molar-refractivity contribution is -0.142. The number of amides is 2. The maximum atomic E-state index is 12.0. The molecule has 19 heavy (non-hydrogen) atoms. The third-order valence-corrected chi connectivity index (χ3v) is 3.52. The highest BCUT2D eigenvalue weighted by Gasteiger charge is 2.25. The summed E-state index contributed by atoms with van der Waals surface area (Å²) in [5, 5.41) is 0. The summed E-state index contributed by atoms with van der Waals surface area (Å²) in [5.41, 5.74) is 5.91. The van der Waals surface area contributed by atoms with Gasteiger partial charge >= 0.3 is 0 Å². The van der Waals surface area contributed by atoms with Crippen LogP contribution in [0.4, 0.5) is 0 Å². The van der Waals surface area contributed by atoms with Crippen molar-refractivity contribution in [1.29, 1.82) is 0 Å². The maximum absolute atomic E-state index is 12.0. The standard InChI is InChI=1S/C13H25N3O3/c1-10(2)11(14)8-12(17)15-4-6-16(7-5-15)13(18)9-19-3/h10-11H,4-9,14H2,1-3H3. The lowest BCUT2D eigenvalue weighted by Gasteiger charge is -2.35. The number of ether oxygens (including phenoxy) is 1. The third kappa shape index (κ3) is 4.80. The van der Waals surface area contributed by atoms with Gasteiger partial charge in [0.2, 0.25) is 11.8 Å². The topological polar surface area (TPSA) is 75.9 Å². The van der Waals surface area contributed by atoms with Gasteiger partial charge in [-0.1, -0.05) is 13.8 Å². The second-order valence-corrected chi connectivity index (χ2v) is 5.31. The second-order valence-electron chi connectivity index (χ2n) is 5.31. The molecule has 0 bridgehead atoms. The number of carbonyl (C=O) groups is 2. The van der Waals surface area contributed by atoms with Gasteiger partial charge < -0.3 is 20.3 Å². The van der Waals surface area contributed by atoms with Crippen molar-refractivity contribution < 1.29 is 14.3 Å². The number of carbonyl (C=O) groups excluding carboxylic acids is 2. The Hall–Kier alpha value is -1.14. The molecule has 0 radical (unpaired) electrons. The molecule has 1 saturated heterocycles. The van der Waals surface area contributed by atoms with Gasteiger partial charge in [0.25, 0.3) is 0 Å². The van der Waals surface area contributed by atoms with Gasteiger partial charge in [-0.25, -0.2) is 0 Å². The van der Waals surface area contributed by atoms with Gasteiger partial charge in [-0.2, -0.15) is 0 Å². The zero-order valence-corrected chi connectivity index (χ0v) is 12.1. The number of nitrogens with zero attached hydrogens (tertiary/aromatic N) is 2. The van der Waals surface area contributed by atoms with Gasteiger partial charge in [-0.15, -0.1) is 0 Å². The van der Waals surface area contributed by atoms with Crippen LogP contribution in [0.3, 0.4) is 0 Å². The van der Waals surface area contributed by atoms with E-state index >= 15 is 0 Å². The molecule has 2 amide bonds. The van der Waals surface area contributed by atoms with Crippen molar-refractivity contribution in [3.8, 4) is 0 Å². The van der Waals surface area contributed by atoms with E-state index in [0.717, 1.165) is 0 Å². The van der Waals surface area contributed by atoms with E-state index in [1.807, 2.05) is 13.8 Å². The number of nitrogens with two attached hydrogens (primary N) is 1. The van der Waals surface area contributed by atoms with E-state index in [0.29, 0.717) is 38.5 Å². The molecule has 0 aliphatic carbocycles. The number of hydrogen-bond donors (Lipinski definition) is 1. The molecule has 1 unspecified atom stereocenters. The van der Waals surface area contributed by atoms with E-state index in [-0.39, 0.29) is 24.5 Å². The quantitative estimate of drug-likeness (QED) is 0.743. The molecule has 2 N–H and O–H groups in total. The molecule has 0 aromatic carbocycles. The molecule has 6 nitrogen and oxygen atoms in total. The van der Waals surface area contributed by atoms with Crippen molar-refractivity contribution >= 4 is 11.8 Å². The van der Waals surface area contributed by atoms with Gasteiger partial charge in [-0.05, 0) is 5.92 Å². The number of piperazine rings is 1. The molecule has 1 heterocycles. The predicted molar refractivity (Wildman–Crippen MR) is 72.5 cm³/mol. The molecule has 1 rings (SSSR count). The average molecular weight is 271 g/mol. The van der Waals surface area contributed by atoms with Crippen molar-refractivity contribution in [2.45, 2.75) is 26.3 Å². The number of hydrogen-bond acceptors (Lipinski definition) is 4. The number of rotatable bonds is 5. The predicted octanol–water partition coefficient (Wildman–Crippen LogP) is -0.323. The van der Waals surface area contributed by atoms with Gasteiger partial charge in [0.15, 0.2) is 0 Å². The summed E-state index contributed by atoms with van der Waals surface area (Å²) < 4.78 is 4.82. The van der Waals surface area contributed by atoms with Crippen LogP contribution in [0.5, 0.6) is 0 Å². The van der Waals surface area contributed by atoms with Crippen molar-refractivity contribution in [2.24, 2.45) is 11.7 Å². The largest absolute Gasteiger partial charge is 0.375 e. The fourth-order valence-electron chi connectivity index (χ4n) is 1.99. The Morgan fingerprint density at radius 3 is 2.00 bits per heavy atom. The first-order valence-corrected chi connectivity index (χ1v) is 6.75. The van der Waals surface area contributed by atoms with Crippen LogP contribution in [0.25, 0.3) is 0 Å². The van der Waals surface area contributed by atoms with Crippen molar-refractivity contribution in [1.82, 2.24) is 9.80 Å². The van der Waals surface area contributed by atoms with Gasteiger partial charge in [0.1, 0.15) is 6.61 Å². The Labute approximate surface area is 114 Å². The van der Waals surface area contributed by atoms with Crippen LogP contribution in [-0.4, -0.2) is 67.6 Å². The molecule has 1 fully saturated rings. The molecule has 1 aliphatic heterocycles. The Morgan fingerprint density at radius 1 is 1.11 bits per heavy atom. The van der Waals surface area contributed by atoms with Crippen molar-refractivity contribution in [3.05, 3.63) is 0 Å². The molecule has 0 aromatic rings. The highest BCUT2D eigenvalue weighted by Crippen LogP contribution is 2.09. The van der Waals surface area contributed by atoms with E-state index in [4.69, 9.17) is 10.5 Å². The van der Waals surface area contributed by atoms with Gasteiger partial charge in [-0.3, -0.25) is 9.59 Å². The Morgan fingerprint density at radius 2 is 1.58 bits per heavy atom. The molecule has 6 heteroatoms. The molecule has 110 valence electrons. The van der Waals surface area contributed by atoms with Gasteiger partial charge in [0.05, 0.1) is 0 Å². The summed E-state index contributed by atoms with van der Waals surface area (Å²) >= 11 is 0. The Bertz CT molecular complexity index is 312. The van der Waals surface area contributed by atoms with E-state index in [1.165, 1.54) is 7.11 Å². The van der Waals surface area contributed by atoms with E-state index in [9.17, 15) is 9.59 Å². The smallest absolute Gasteiger partial charge is 0.248 e. The van der Waals surface area contributed by atoms with Crippen molar-refractivity contribution in [2.75, 3.05) is 39.9 Å². The summed E-state index contributed by atoms with van der Waals surface area (Å²) in [6.45, 7) is 6.44. The summed E-state index contributed by atoms with van der Waals surface area (Å²) in [6.07, 6.45) is 0.379. The van der Waals surface area contributed by atoms with Crippen LogP contribution >= 0.6 is 0 Å². The Kier molecular flexibility index (Phi) is 6.24. The van der Waals surface area contributed by atoms with E-state index < -0.39 is 0 Å². The zero-order valence-electron chi connectivity index (χ0n) is 12.1. The first-order valence-electron chi connectivity index (χ1n) is 6.75. The minimum atomic E-state index is -0.0966. The molecular formula is C13H25N3O3. The van der Waals surface area contributed by atoms with Crippen LogP contribution in [0, 0.1) is 5.92 Å². The molecule has 1 atom stereocenters. The van der Waals surface area contributed by atoms with Crippen LogP contribution in [-0.2, 0) is 14.3 Å². The first-order chi connectivity index (χ1) is 8.95. The lowest BCUT2D eigenvalue weighted by atomic mass is 10.0. The van der Waals surface area contributed by atoms with Crippen LogP contribution in [0.2, 0.25) is 0 Å². The summed E-state index contributed by atoms with van der Waals surface area (Å²) in [6, 6.07) is -0.0966. The molecule has 0 spiro atoms. The molecule has 1 aliphatic rings. The molecule has 0 saturated carbocycles. The normalized spacial score (nSPS) is 17.7. The van der Waals surface area contributed by atoms with E-state index in [2.05, 4.69) is 0 Å². The van der Waals surface area contributed by atoms with Crippen LogP contribution < -0.4 is 5.73 Å². The van der Waals surface area contributed by atoms with Crippen molar-refractivity contribution in [3.63, 3.8) is 0 Å². The minimum Gasteiger partial charge on any atom is -0.375 e. The second kappa shape index (κ2) is 7.45. The monoisotopic (exact) mass is 271 g/mol. The highest BCUT2D eigenvalue weighted by molar-refractivity contribution is 5.79. The lowest BCUT2D eigenvalue weighted by Crippen LogP contribution is -2.52. The fourth-order valence-corrected chi connectivity index (χ4v) is 1.99. The highest BCUT2D eigenvalue weighted by atomic mass is 16.5. The summed E-state index contributed by atoms with van der Waals surface area (Å²) in [5.74, 6) is 0.363. The van der Waals surface area contributed by atoms with Crippen LogP contribution in [0.1, 0.15) is 20.3 Å². The molecule has 0 aromatic heterocycles. The average Bonchev–Trinajstić information content (AvgIpc) is 2.39. The Balaban J connectivity index is 2.37. The maximum Gasteiger partial charge on any atom is 0.248 e. The first kappa shape index (κ1) is 15.9. The summed E-state index contributed by atoms with van der Waals surface area (Å²) in [7, 11) is 1.50. The van der Waals surface area contributed by atoms with Crippen LogP contribution in [0.15, 0.2) is 0 Å². The SMILES string of the molecule is COCC(=O)N1CCN(C(=O)CC(N)C(C)C)CC1. The van der Waals surface area contributed by atoms with E-state index in [1.54, 1.807) is 9.80 Å². The fraction of sp³-hybridized carbons (Fsp3) is 0.846. The minimum absolute atomic E-state index is 0.0199. The van der Waals surface area contributed by atoms with Gasteiger partial charge in [0, 0.05) is 45.8 Å². The summed E-state index contributed by atoms with van der Waals surface area (Å²) in [4.78, 5) is 27.2. The third-order valence-electron chi connectivity index (χ3n) is 3.52. The number of methoxy groups -OCH3 is 1. The molecular weight excluding hydrogens is 246 g/mol.